The summed E-state index contributed by atoms with van der Waals surface area (Å²) in [5.74, 6) is 0. The molecule has 1 rings (SSSR count). The molecular weight excluding hydrogens is 182 g/mol. The molecular formula is C6H7NO2S2. The van der Waals surface area contributed by atoms with Gasteiger partial charge in [0.2, 0.25) is 0 Å². The van der Waals surface area contributed by atoms with Crippen molar-refractivity contribution in [1.29, 1.82) is 0 Å². The third kappa shape index (κ3) is 2.61. The maximum absolute atomic E-state index is 8.69. The Labute approximate surface area is 72.3 Å². The molecule has 0 radical (unpaired) electrons. The molecule has 60 valence electrons. The monoisotopic (exact) mass is 189 g/mol. The van der Waals surface area contributed by atoms with Crippen LogP contribution in [0.2, 0.25) is 0 Å². The molecule has 3 nitrogen and oxygen atoms in total. The number of aliphatic hydroxyl groups excluding tert-OH is 1. The first-order valence-electron chi connectivity index (χ1n) is 2.90. The van der Waals surface area contributed by atoms with Crippen LogP contribution in [0.25, 0.3) is 0 Å². The van der Waals surface area contributed by atoms with Crippen LogP contribution in [-0.4, -0.2) is 23.1 Å². The maximum atomic E-state index is 8.69. The SMILES string of the molecule is OCC1=CC=C(/C=N/O)SS1. The highest BCUT2D eigenvalue weighted by Gasteiger charge is 2.04. The summed E-state index contributed by atoms with van der Waals surface area (Å²) in [5.41, 5.74) is 0. The van der Waals surface area contributed by atoms with Crippen LogP contribution < -0.4 is 0 Å². The highest BCUT2D eigenvalue weighted by Crippen LogP contribution is 2.38. The Kier molecular flexibility index (Phi) is 3.55. The Morgan fingerprint density at radius 2 is 2.27 bits per heavy atom. The van der Waals surface area contributed by atoms with Gasteiger partial charge in [-0.25, -0.2) is 0 Å². The minimum Gasteiger partial charge on any atom is -0.411 e. The molecule has 0 unspecified atom stereocenters. The van der Waals surface area contributed by atoms with E-state index in [0.29, 0.717) is 0 Å². The third-order valence-electron chi connectivity index (χ3n) is 1.02. The Hall–Kier alpha value is -0.390. The molecule has 0 saturated carbocycles. The van der Waals surface area contributed by atoms with Crippen LogP contribution in [0, 0.1) is 0 Å². The van der Waals surface area contributed by atoms with Crippen molar-refractivity contribution >= 4 is 27.8 Å². The van der Waals surface area contributed by atoms with E-state index in [-0.39, 0.29) is 6.61 Å². The lowest BCUT2D eigenvalue weighted by Crippen LogP contribution is -1.87. The fourth-order valence-electron chi connectivity index (χ4n) is 0.533. The number of rotatable bonds is 2. The summed E-state index contributed by atoms with van der Waals surface area (Å²) >= 11 is 0. The van der Waals surface area contributed by atoms with Crippen molar-refractivity contribution in [2.45, 2.75) is 0 Å². The standard InChI is InChI=1S/C6H7NO2S2/c8-4-6-2-1-5(3-7-9)10-11-6/h1-3,8-9H,4H2/b7-3+. The first-order valence-corrected chi connectivity index (χ1v) is 5.05. The van der Waals surface area contributed by atoms with Gasteiger partial charge in [0, 0.05) is 9.81 Å². The molecule has 0 amide bonds. The first-order chi connectivity index (χ1) is 5.36. The highest BCUT2D eigenvalue weighted by molar-refractivity contribution is 8.79. The van der Waals surface area contributed by atoms with Crippen LogP contribution in [0.1, 0.15) is 0 Å². The zero-order valence-electron chi connectivity index (χ0n) is 5.60. The van der Waals surface area contributed by atoms with E-state index in [0.717, 1.165) is 9.81 Å². The molecule has 2 N–H and O–H groups in total. The van der Waals surface area contributed by atoms with Crippen LogP contribution >= 0.6 is 21.6 Å². The van der Waals surface area contributed by atoms with Gasteiger partial charge in [0.25, 0.3) is 0 Å². The first kappa shape index (κ1) is 8.70. The van der Waals surface area contributed by atoms with Gasteiger partial charge in [-0.1, -0.05) is 26.7 Å². The van der Waals surface area contributed by atoms with Crippen LogP contribution in [0.4, 0.5) is 0 Å². The molecule has 0 bridgehead atoms. The maximum Gasteiger partial charge on any atom is 0.0806 e. The molecule has 0 spiro atoms. The predicted octanol–water partition coefficient (Wildman–Crippen LogP) is 1.60. The van der Waals surface area contributed by atoms with Crippen LogP contribution in [-0.2, 0) is 0 Å². The zero-order chi connectivity index (χ0) is 8.10. The van der Waals surface area contributed by atoms with Crippen molar-refractivity contribution in [2.24, 2.45) is 5.16 Å². The van der Waals surface area contributed by atoms with Crippen molar-refractivity contribution in [3.05, 3.63) is 22.0 Å². The van der Waals surface area contributed by atoms with E-state index in [9.17, 15) is 0 Å². The molecule has 5 heteroatoms. The molecule has 11 heavy (non-hydrogen) atoms. The number of allylic oxidation sites excluding steroid dienone is 3. The van der Waals surface area contributed by atoms with Crippen molar-refractivity contribution in [2.75, 3.05) is 6.61 Å². The predicted molar refractivity (Wildman–Crippen MR) is 48.7 cm³/mol. The Bertz CT molecular complexity index is 223. The van der Waals surface area contributed by atoms with Gasteiger partial charge in [0.15, 0.2) is 0 Å². The fraction of sp³-hybridized carbons (Fsp3) is 0.167. The summed E-state index contributed by atoms with van der Waals surface area (Å²) < 4.78 is 0. The van der Waals surface area contributed by atoms with Crippen molar-refractivity contribution in [1.82, 2.24) is 0 Å². The molecule has 1 heterocycles. The number of oxime groups is 1. The topological polar surface area (TPSA) is 52.8 Å². The highest BCUT2D eigenvalue weighted by atomic mass is 33.1. The fourth-order valence-corrected chi connectivity index (χ4v) is 2.36. The van der Waals surface area contributed by atoms with E-state index in [1.165, 1.54) is 27.8 Å². The number of nitrogens with zero attached hydrogens (tertiary/aromatic N) is 1. The van der Waals surface area contributed by atoms with E-state index in [1.807, 2.05) is 0 Å². The van der Waals surface area contributed by atoms with Crippen molar-refractivity contribution in [3.8, 4) is 0 Å². The van der Waals surface area contributed by atoms with Gasteiger partial charge in [-0.3, -0.25) is 0 Å². The van der Waals surface area contributed by atoms with Crippen molar-refractivity contribution in [3.63, 3.8) is 0 Å². The minimum absolute atomic E-state index is 0.0672. The Balaban J connectivity index is 2.61. The summed E-state index contributed by atoms with van der Waals surface area (Å²) in [7, 11) is 2.93. The average Bonchev–Trinajstić information content (AvgIpc) is 2.07. The molecule has 0 saturated heterocycles. The van der Waals surface area contributed by atoms with Gasteiger partial charge in [-0.2, -0.15) is 0 Å². The molecule has 1 aliphatic heterocycles. The molecule has 0 aromatic heterocycles. The second kappa shape index (κ2) is 4.48. The van der Waals surface area contributed by atoms with Gasteiger partial charge in [-0.05, 0) is 12.2 Å². The lowest BCUT2D eigenvalue weighted by Gasteiger charge is -2.06. The lowest BCUT2D eigenvalue weighted by molar-refractivity contribution is 0.322. The van der Waals surface area contributed by atoms with Gasteiger partial charge < -0.3 is 10.3 Å². The second-order valence-electron chi connectivity index (χ2n) is 1.77. The van der Waals surface area contributed by atoms with E-state index in [4.69, 9.17) is 10.3 Å². The van der Waals surface area contributed by atoms with E-state index in [2.05, 4.69) is 5.16 Å². The summed E-state index contributed by atoms with van der Waals surface area (Å²) in [6, 6.07) is 0. The van der Waals surface area contributed by atoms with Gasteiger partial charge >= 0.3 is 0 Å². The largest absolute Gasteiger partial charge is 0.411 e. The smallest absolute Gasteiger partial charge is 0.0806 e. The summed E-state index contributed by atoms with van der Waals surface area (Å²) in [5, 5.41) is 19.8. The molecule has 1 aliphatic rings. The summed E-state index contributed by atoms with van der Waals surface area (Å²) in [6.45, 7) is 0.0672. The average molecular weight is 189 g/mol. The van der Waals surface area contributed by atoms with Crippen LogP contribution in [0.3, 0.4) is 0 Å². The molecule has 0 aliphatic carbocycles. The van der Waals surface area contributed by atoms with Gasteiger partial charge in [0.05, 0.1) is 12.8 Å². The van der Waals surface area contributed by atoms with E-state index < -0.39 is 0 Å². The van der Waals surface area contributed by atoms with Crippen LogP contribution in [0.5, 0.6) is 0 Å². The summed E-state index contributed by atoms with van der Waals surface area (Å²) in [4.78, 5) is 1.78. The third-order valence-corrected chi connectivity index (χ3v) is 3.49. The molecule has 0 atom stereocenters. The normalized spacial score (nSPS) is 18.3. The molecule has 0 aromatic rings. The number of hydrogen-bond acceptors (Lipinski definition) is 5. The number of hydrogen-bond donors (Lipinski definition) is 2. The zero-order valence-corrected chi connectivity index (χ0v) is 7.23. The minimum atomic E-state index is 0.0672. The Morgan fingerprint density at radius 3 is 2.73 bits per heavy atom. The van der Waals surface area contributed by atoms with E-state index >= 15 is 0 Å². The van der Waals surface area contributed by atoms with E-state index in [1.54, 1.807) is 12.2 Å². The Morgan fingerprint density at radius 1 is 1.45 bits per heavy atom. The number of aliphatic hydroxyl groups is 1. The lowest BCUT2D eigenvalue weighted by atomic mass is 10.4. The van der Waals surface area contributed by atoms with Gasteiger partial charge in [0.1, 0.15) is 0 Å². The summed E-state index contributed by atoms with van der Waals surface area (Å²) in [6.07, 6.45) is 4.97. The molecule has 0 fully saturated rings. The molecule has 0 aromatic carbocycles. The second-order valence-corrected chi connectivity index (χ2v) is 4.10. The van der Waals surface area contributed by atoms with Crippen molar-refractivity contribution < 1.29 is 10.3 Å². The van der Waals surface area contributed by atoms with Gasteiger partial charge in [-0.15, -0.1) is 0 Å². The quantitative estimate of drug-likeness (QED) is 0.300. The van der Waals surface area contributed by atoms with Crippen LogP contribution in [0.15, 0.2) is 27.1 Å².